The van der Waals surface area contributed by atoms with E-state index in [0.29, 0.717) is 24.3 Å². The van der Waals surface area contributed by atoms with Crippen molar-refractivity contribution < 1.29 is 13.2 Å². The van der Waals surface area contributed by atoms with Gasteiger partial charge >= 0.3 is 0 Å². The molecule has 1 heterocycles. The number of hydrogen-bond donors (Lipinski definition) is 3. The molecule has 1 aromatic carbocycles. The van der Waals surface area contributed by atoms with Gasteiger partial charge in [-0.05, 0) is 31.4 Å². The lowest BCUT2D eigenvalue weighted by molar-refractivity contribution is 0.0200. The zero-order valence-corrected chi connectivity index (χ0v) is 21.1. The number of benzene rings is 1. The highest BCUT2D eigenvalue weighted by atomic mass is 127. The molecule has 1 aliphatic rings. The van der Waals surface area contributed by atoms with Crippen LogP contribution < -0.4 is 15.4 Å². The standard InChI is InChI=1S/C19H32N4O3S2.HI/c1-16(27-18-9-4-3-5-10-18)14-22-19(20-2)21-11-13-28(24,25)23-15-17-8-6-7-12-26-17;/h3-5,9-10,16-17,23H,6-8,11-15H2,1-2H3,(H2,20,21,22);1H. The third-order valence-electron chi connectivity index (χ3n) is 4.33. The van der Waals surface area contributed by atoms with Gasteiger partial charge in [0.2, 0.25) is 10.0 Å². The molecule has 1 aromatic rings. The number of halogens is 1. The van der Waals surface area contributed by atoms with E-state index in [4.69, 9.17) is 4.74 Å². The van der Waals surface area contributed by atoms with Crippen molar-refractivity contribution >= 4 is 51.7 Å². The minimum absolute atomic E-state index is 0. The van der Waals surface area contributed by atoms with Crippen molar-refractivity contribution in [2.45, 2.75) is 42.4 Å². The number of ether oxygens (including phenoxy) is 1. The first-order valence-electron chi connectivity index (χ1n) is 9.73. The molecule has 2 unspecified atom stereocenters. The second-order valence-corrected chi connectivity index (χ2v) is 10.2. The smallest absolute Gasteiger partial charge is 0.213 e. The Kier molecular flexibility index (Phi) is 13.2. The monoisotopic (exact) mass is 556 g/mol. The SMILES string of the molecule is CN=C(NCCS(=O)(=O)NCC1CCCCO1)NCC(C)Sc1ccccc1.I. The van der Waals surface area contributed by atoms with Gasteiger partial charge < -0.3 is 15.4 Å². The van der Waals surface area contributed by atoms with Gasteiger partial charge in [0, 0.05) is 43.4 Å². The molecule has 29 heavy (non-hydrogen) atoms. The van der Waals surface area contributed by atoms with Gasteiger partial charge in [-0.2, -0.15) is 0 Å². The number of nitrogens with zero attached hydrogens (tertiary/aromatic N) is 1. The van der Waals surface area contributed by atoms with Crippen LogP contribution in [-0.4, -0.2) is 64.8 Å². The molecule has 7 nitrogen and oxygen atoms in total. The van der Waals surface area contributed by atoms with Crippen molar-refractivity contribution in [2.75, 3.05) is 39.0 Å². The number of rotatable bonds is 10. The van der Waals surface area contributed by atoms with Crippen molar-refractivity contribution in [2.24, 2.45) is 4.99 Å². The highest BCUT2D eigenvalue weighted by molar-refractivity contribution is 14.0. The maximum absolute atomic E-state index is 12.1. The second kappa shape index (κ2) is 14.4. The van der Waals surface area contributed by atoms with E-state index in [0.717, 1.165) is 32.4 Å². The zero-order chi connectivity index (χ0) is 20.2. The van der Waals surface area contributed by atoms with E-state index in [1.54, 1.807) is 18.8 Å². The van der Waals surface area contributed by atoms with Crippen LogP contribution >= 0.6 is 35.7 Å². The molecule has 0 aliphatic carbocycles. The predicted octanol–water partition coefficient (Wildman–Crippen LogP) is 2.44. The Morgan fingerprint density at radius 1 is 1.28 bits per heavy atom. The van der Waals surface area contributed by atoms with Crippen LogP contribution in [0.25, 0.3) is 0 Å². The Hall–Kier alpha value is -0.560. The van der Waals surface area contributed by atoms with E-state index in [1.807, 2.05) is 18.2 Å². The van der Waals surface area contributed by atoms with Gasteiger partial charge in [-0.3, -0.25) is 4.99 Å². The largest absolute Gasteiger partial charge is 0.377 e. The molecule has 0 amide bonds. The first-order chi connectivity index (χ1) is 13.5. The van der Waals surface area contributed by atoms with Crippen LogP contribution in [0.15, 0.2) is 40.2 Å². The molecule has 1 aliphatic heterocycles. The van der Waals surface area contributed by atoms with Gasteiger partial charge in [0.15, 0.2) is 5.96 Å². The molecule has 2 atom stereocenters. The average Bonchev–Trinajstić information content (AvgIpc) is 2.70. The normalized spacial score (nSPS) is 18.6. The first kappa shape index (κ1) is 26.5. The van der Waals surface area contributed by atoms with E-state index in [2.05, 4.69) is 39.4 Å². The molecule has 10 heteroatoms. The number of aliphatic imine (C=N–C) groups is 1. The van der Waals surface area contributed by atoms with Crippen LogP contribution in [0.4, 0.5) is 0 Å². The molecule has 166 valence electrons. The number of thioether (sulfide) groups is 1. The second-order valence-electron chi connectivity index (χ2n) is 6.78. The predicted molar refractivity (Wildman–Crippen MR) is 132 cm³/mol. The summed E-state index contributed by atoms with van der Waals surface area (Å²) in [7, 11) is -1.66. The molecule has 3 N–H and O–H groups in total. The summed E-state index contributed by atoms with van der Waals surface area (Å²) in [5, 5.41) is 6.65. The summed E-state index contributed by atoms with van der Waals surface area (Å²) in [6.45, 7) is 4.23. The number of guanidine groups is 1. The number of nitrogens with one attached hydrogen (secondary N) is 3. The van der Waals surface area contributed by atoms with Crippen LogP contribution in [0.5, 0.6) is 0 Å². The van der Waals surface area contributed by atoms with Crippen LogP contribution in [0.2, 0.25) is 0 Å². The molecular formula is C19H33IN4O3S2. The molecule has 1 fully saturated rings. The lowest BCUT2D eigenvalue weighted by Gasteiger charge is -2.22. The minimum atomic E-state index is -3.34. The summed E-state index contributed by atoms with van der Waals surface area (Å²) in [6.07, 6.45) is 3.06. The van der Waals surface area contributed by atoms with Crippen molar-refractivity contribution in [3.05, 3.63) is 30.3 Å². The van der Waals surface area contributed by atoms with Crippen molar-refractivity contribution in [3.8, 4) is 0 Å². The Morgan fingerprint density at radius 2 is 2.03 bits per heavy atom. The molecule has 0 bridgehead atoms. The fourth-order valence-corrected chi connectivity index (χ4v) is 4.70. The van der Waals surface area contributed by atoms with Gasteiger partial charge in [-0.25, -0.2) is 13.1 Å². The van der Waals surface area contributed by atoms with Crippen LogP contribution in [0.3, 0.4) is 0 Å². The number of sulfonamides is 1. The van der Waals surface area contributed by atoms with E-state index >= 15 is 0 Å². The van der Waals surface area contributed by atoms with Gasteiger partial charge in [-0.15, -0.1) is 35.7 Å². The summed E-state index contributed by atoms with van der Waals surface area (Å²) < 4.78 is 32.5. The Balaban J connectivity index is 0.00000420. The molecule has 0 radical (unpaired) electrons. The average molecular weight is 557 g/mol. The lowest BCUT2D eigenvalue weighted by atomic mass is 10.1. The summed E-state index contributed by atoms with van der Waals surface area (Å²) in [6, 6.07) is 10.2. The summed E-state index contributed by atoms with van der Waals surface area (Å²) in [5.41, 5.74) is 0. The molecule has 1 saturated heterocycles. The Labute approximate surface area is 196 Å². The Bertz CT molecular complexity index is 699. The van der Waals surface area contributed by atoms with Gasteiger partial charge in [0.25, 0.3) is 0 Å². The summed E-state index contributed by atoms with van der Waals surface area (Å²) in [5.74, 6) is 0.598. The van der Waals surface area contributed by atoms with E-state index in [1.165, 1.54) is 4.90 Å². The van der Waals surface area contributed by atoms with E-state index in [-0.39, 0.29) is 35.8 Å². The summed E-state index contributed by atoms with van der Waals surface area (Å²) in [4.78, 5) is 5.38. The first-order valence-corrected chi connectivity index (χ1v) is 12.3. The molecule has 2 rings (SSSR count). The van der Waals surface area contributed by atoms with Crippen LogP contribution in [0.1, 0.15) is 26.2 Å². The maximum Gasteiger partial charge on any atom is 0.213 e. The van der Waals surface area contributed by atoms with Crippen molar-refractivity contribution in [1.82, 2.24) is 15.4 Å². The molecule has 0 aromatic heterocycles. The maximum atomic E-state index is 12.1. The van der Waals surface area contributed by atoms with Crippen molar-refractivity contribution in [3.63, 3.8) is 0 Å². The fourth-order valence-electron chi connectivity index (χ4n) is 2.80. The topological polar surface area (TPSA) is 91.8 Å². The van der Waals surface area contributed by atoms with Crippen molar-refractivity contribution in [1.29, 1.82) is 0 Å². The molecule has 0 spiro atoms. The van der Waals surface area contributed by atoms with Crippen LogP contribution in [-0.2, 0) is 14.8 Å². The molecular weight excluding hydrogens is 523 g/mol. The Morgan fingerprint density at radius 3 is 2.69 bits per heavy atom. The molecule has 0 saturated carbocycles. The third-order valence-corrected chi connectivity index (χ3v) is 6.79. The summed E-state index contributed by atoms with van der Waals surface area (Å²) >= 11 is 1.78. The fraction of sp³-hybridized carbons (Fsp3) is 0.632. The highest BCUT2D eigenvalue weighted by Gasteiger charge is 2.17. The quantitative estimate of drug-likeness (QED) is 0.178. The van der Waals surface area contributed by atoms with E-state index < -0.39 is 10.0 Å². The zero-order valence-electron chi connectivity index (χ0n) is 17.1. The van der Waals surface area contributed by atoms with Gasteiger partial charge in [0.05, 0.1) is 11.9 Å². The van der Waals surface area contributed by atoms with Gasteiger partial charge in [-0.1, -0.05) is 25.1 Å². The van der Waals surface area contributed by atoms with Crippen LogP contribution in [0, 0.1) is 0 Å². The minimum Gasteiger partial charge on any atom is -0.377 e. The number of hydrogen-bond acceptors (Lipinski definition) is 5. The van der Waals surface area contributed by atoms with E-state index in [9.17, 15) is 8.42 Å². The van der Waals surface area contributed by atoms with Gasteiger partial charge in [0.1, 0.15) is 0 Å². The lowest BCUT2D eigenvalue weighted by Crippen LogP contribution is -2.43. The highest BCUT2D eigenvalue weighted by Crippen LogP contribution is 2.21. The third kappa shape index (κ3) is 11.4.